The average molecular weight is 272 g/mol. The zero-order chi connectivity index (χ0) is 12.3. The lowest BCUT2D eigenvalue weighted by Gasteiger charge is -2.15. The van der Waals surface area contributed by atoms with E-state index in [0.717, 1.165) is 29.4 Å². The lowest BCUT2D eigenvalue weighted by Crippen LogP contribution is -2.11. The Balaban J connectivity index is 0.00000162. The maximum Gasteiger partial charge on any atom is 0.161 e. The molecule has 2 rings (SSSR count). The fourth-order valence-electron chi connectivity index (χ4n) is 2.04. The smallest absolute Gasteiger partial charge is 0.161 e. The molecule has 0 heterocycles. The third-order valence-electron chi connectivity index (χ3n) is 3.20. The monoisotopic (exact) mass is 271 g/mol. The first-order chi connectivity index (χ1) is 8.24. The minimum atomic E-state index is 0. The van der Waals surface area contributed by atoms with Gasteiger partial charge in [-0.3, -0.25) is 0 Å². The van der Waals surface area contributed by atoms with Crippen molar-refractivity contribution in [2.45, 2.75) is 32.2 Å². The quantitative estimate of drug-likeness (QED) is 0.863. The van der Waals surface area contributed by atoms with E-state index in [1.54, 1.807) is 7.11 Å². The van der Waals surface area contributed by atoms with Gasteiger partial charge in [0.25, 0.3) is 0 Å². The first-order valence-corrected chi connectivity index (χ1v) is 6.31. The van der Waals surface area contributed by atoms with E-state index in [0.29, 0.717) is 6.61 Å². The molecular formula is C14H22ClNO2. The van der Waals surface area contributed by atoms with Crippen molar-refractivity contribution in [2.24, 2.45) is 11.7 Å². The number of hydrogen-bond donors (Lipinski definition) is 1. The number of methoxy groups -OCH3 is 1. The highest BCUT2D eigenvalue weighted by Crippen LogP contribution is 2.38. The SMILES string of the molecule is CCOc1ccc([C@H](N)CC2CC2)cc1OC.Cl. The summed E-state index contributed by atoms with van der Waals surface area (Å²) < 4.78 is 10.8. The highest BCUT2D eigenvalue weighted by atomic mass is 35.5. The Hall–Kier alpha value is -0.930. The van der Waals surface area contributed by atoms with E-state index >= 15 is 0 Å². The molecule has 0 bridgehead atoms. The Kier molecular flexibility index (Phi) is 5.76. The Morgan fingerprint density at radius 3 is 2.61 bits per heavy atom. The third-order valence-corrected chi connectivity index (χ3v) is 3.20. The summed E-state index contributed by atoms with van der Waals surface area (Å²) in [7, 11) is 1.66. The average Bonchev–Trinajstić information content (AvgIpc) is 3.13. The first-order valence-electron chi connectivity index (χ1n) is 6.31. The van der Waals surface area contributed by atoms with Gasteiger partial charge in [-0.25, -0.2) is 0 Å². The highest BCUT2D eigenvalue weighted by molar-refractivity contribution is 5.85. The van der Waals surface area contributed by atoms with Crippen molar-refractivity contribution in [1.82, 2.24) is 0 Å². The molecule has 0 spiro atoms. The van der Waals surface area contributed by atoms with Crippen LogP contribution >= 0.6 is 12.4 Å². The van der Waals surface area contributed by atoms with Crippen LogP contribution in [0.25, 0.3) is 0 Å². The van der Waals surface area contributed by atoms with E-state index in [4.69, 9.17) is 15.2 Å². The Morgan fingerprint density at radius 2 is 2.06 bits per heavy atom. The van der Waals surface area contributed by atoms with Crippen LogP contribution in [0.3, 0.4) is 0 Å². The number of benzene rings is 1. The van der Waals surface area contributed by atoms with Crippen molar-refractivity contribution in [2.75, 3.05) is 13.7 Å². The Bertz CT molecular complexity index is 380. The van der Waals surface area contributed by atoms with Crippen LogP contribution in [0.15, 0.2) is 18.2 Å². The highest BCUT2D eigenvalue weighted by Gasteiger charge is 2.24. The van der Waals surface area contributed by atoms with Crippen LogP contribution in [0, 0.1) is 5.92 Å². The second-order valence-electron chi connectivity index (χ2n) is 4.63. The van der Waals surface area contributed by atoms with E-state index in [1.165, 1.54) is 12.8 Å². The summed E-state index contributed by atoms with van der Waals surface area (Å²) in [6.45, 7) is 2.61. The van der Waals surface area contributed by atoms with Gasteiger partial charge >= 0.3 is 0 Å². The lowest BCUT2D eigenvalue weighted by atomic mass is 10.0. The van der Waals surface area contributed by atoms with Crippen molar-refractivity contribution in [3.8, 4) is 11.5 Å². The molecule has 0 radical (unpaired) electrons. The van der Waals surface area contributed by atoms with Crippen molar-refractivity contribution >= 4 is 12.4 Å². The lowest BCUT2D eigenvalue weighted by molar-refractivity contribution is 0.310. The largest absolute Gasteiger partial charge is 0.493 e. The van der Waals surface area contributed by atoms with Gasteiger partial charge in [0.1, 0.15) is 0 Å². The fourth-order valence-corrected chi connectivity index (χ4v) is 2.04. The van der Waals surface area contributed by atoms with Gasteiger partial charge in [-0.2, -0.15) is 0 Å². The second-order valence-corrected chi connectivity index (χ2v) is 4.63. The van der Waals surface area contributed by atoms with Crippen LogP contribution in [0.4, 0.5) is 0 Å². The van der Waals surface area contributed by atoms with E-state index in [2.05, 4.69) is 0 Å². The maximum atomic E-state index is 6.19. The standard InChI is InChI=1S/C14H21NO2.ClH/c1-3-17-13-7-6-11(9-14(13)16-2)12(15)8-10-4-5-10;/h6-7,9-10,12H,3-5,8,15H2,1-2H3;1H/t12-;/m1./s1. The van der Waals surface area contributed by atoms with Gasteiger partial charge in [0, 0.05) is 6.04 Å². The van der Waals surface area contributed by atoms with Crippen LogP contribution in [0.5, 0.6) is 11.5 Å². The minimum Gasteiger partial charge on any atom is -0.493 e. The molecular weight excluding hydrogens is 250 g/mol. The Morgan fingerprint density at radius 1 is 1.33 bits per heavy atom. The molecule has 0 aliphatic heterocycles. The molecule has 2 N–H and O–H groups in total. The summed E-state index contributed by atoms with van der Waals surface area (Å²) in [5.74, 6) is 2.40. The summed E-state index contributed by atoms with van der Waals surface area (Å²) in [6, 6.07) is 6.11. The molecule has 18 heavy (non-hydrogen) atoms. The van der Waals surface area contributed by atoms with Gasteiger partial charge in [0.2, 0.25) is 0 Å². The van der Waals surface area contributed by atoms with Gasteiger partial charge in [-0.1, -0.05) is 18.9 Å². The number of rotatable bonds is 6. The van der Waals surface area contributed by atoms with Crippen LogP contribution in [0.2, 0.25) is 0 Å². The van der Waals surface area contributed by atoms with E-state index in [1.807, 2.05) is 25.1 Å². The first kappa shape index (κ1) is 15.1. The van der Waals surface area contributed by atoms with Crippen molar-refractivity contribution in [3.05, 3.63) is 23.8 Å². The zero-order valence-electron chi connectivity index (χ0n) is 11.0. The second kappa shape index (κ2) is 6.86. The van der Waals surface area contributed by atoms with Gasteiger partial charge in [0.05, 0.1) is 13.7 Å². The number of halogens is 1. The van der Waals surface area contributed by atoms with Gasteiger partial charge in [0.15, 0.2) is 11.5 Å². The summed E-state index contributed by atoms with van der Waals surface area (Å²) in [6.07, 6.45) is 3.75. The number of nitrogens with two attached hydrogens (primary N) is 1. The zero-order valence-corrected chi connectivity index (χ0v) is 11.8. The number of ether oxygens (including phenoxy) is 2. The van der Waals surface area contributed by atoms with Gasteiger partial charge < -0.3 is 15.2 Å². The van der Waals surface area contributed by atoms with Crippen LogP contribution in [-0.2, 0) is 0 Å². The topological polar surface area (TPSA) is 44.5 Å². The molecule has 0 unspecified atom stereocenters. The fraction of sp³-hybridized carbons (Fsp3) is 0.571. The molecule has 0 amide bonds. The van der Waals surface area contributed by atoms with Gasteiger partial charge in [-0.05, 0) is 37.0 Å². The molecule has 1 fully saturated rings. The van der Waals surface area contributed by atoms with E-state index < -0.39 is 0 Å². The van der Waals surface area contributed by atoms with Crippen molar-refractivity contribution < 1.29 is 9.47 Å². The van der Waals surface area contributed by atoms with Crippen LogP contribution in [0.1, 0.15) is 37.8 Å². The third kappa shape index (κ3) is 3.79. The van der Waals surface area contributed by atoms with Gasteiger partial charge in [-0.15, -0.1) is 12.4 Å². The normalized spacial score (nSPS) is 15.7. The summed E-state index contributed by atoms with van der Waals surface area (Å²) >= 11 is 0. The molecule has 1 aliphatic carbocycles. The van der Waals surface area contributed by atoms with Crippen LogP contribution in [-0.4, -0.2) is 13.7 Å². The molecule has 102 valence electrons. The van der Waals surface area contributed by atoms with Crippen molar-refractivity contribution in [1.29, 1.82) is 0 Å². The Labute approximate surface area is 115 Å². The predicted molar refractivity (Wildman–Crippen MR) is 75.7 cm³/mol. The molecule has 0 saturated heterocycles. The molecule has 1 aromatic carbocycles. The van der Waals surface area contributed by atoms with Crippen LogP contribution < -0.4 is 15.2 Å². The predicted octanol–water partition coefficient (Wildman–Crippen LogP) is 3.32. The van der Waals surface area contributed by atoms with E-state index in [-0.39, 0.29) is 18.4 Å². The minimum absolute atomic E-state index is 0. The molecule has 4 heteroatoms. The molecule has 1 aliphatic rings. The molecule has 0 aromatic heterocycles. The summed E-state index contributed by atoms with van der Waals surface area (Å²) in [4.78, 5) is 0. The molecule has 1 saturated carbocycles. The number of hydrogen-bond acceptors (Lipinski definition) is 3. The molecule has 1 atom stereocenters. The molecule has 1 aromatic rings. The maximum absolute atomic E-state index is 6.19. The summed E-state index contributed by atoms with van der Waals surface area (Å²) in [5.41, 5.74) is 7.32. The molecule has 3 nitrogen and oxygen atoms in total. The van der Waals surface area contributed by atoms with E-state index in [9.17, 15) is 0 Å². The summed E-state index contributed by atoms with van der Waals surface area (Å²) in [5, 5.41) is 0. The van der Waals surface area contributed by atoms with Crippen molar-refractivity contribution in [3.63, 3.8) is 0 Å².